The normalized spacial score (nSPS) is 24.4. The SMILES string of the molecule is N#C[C@H](Cc1ccc(-c2ccc3c(c2)COC3=O)cc1F)NC(=O)C1NC2CCC1C2. The van der Waals surface area contributed by atoms with Crippen molar-refractivity contribution in [3.63, 3.8) is 0 Å². The molecule has 7 heteroatoms. The lowest BCUT2D eigenvalue weighted by atomic mass is 9.97. The number of piperidine rings is 1. The molecule has 2 aliphatic heterocycles. The van der Waals surface area contributed by atoms with E-state index in [-0.39, 0.29) is 30.9 Å². The van der Waals surface area contributed by atoms with Crippen LogP contribution in [0.2, 0.25) is 0 Å². The number of hydrogen-bond donors (Lipinski definition) is 2. The highest BCUT2D eigenvalue weighted by Gasteiger charge is 2.43. The first-order valence-electron chi connectivity index (χ1n) is 10.6. The highest BCUT2D eigenvalue weighted by Crippen LogP contribution is 2.35. The molecule has 2 fully saturated rings. The fraction of sp³-hybridized carbons (Fsp3) is 0.375. The maximum atomic E-state index is 14.8. The molecule has 0 radical (unpaired) electrons. The number of carbonyl (C=O) groups excluding carboxylic acids is 2. The van der Waals surface area contributed by atoms with Gasteiger partial charge in [0.1, 0.15) is 18.5 Å². The molecule has 3 unspecified atom stereocenters. The number of fused-ring (bicyclic) bond motifs is 3. The van der Waals surface area contributed by atoms with Crippen molar-refractivity contribution in [3.8, 4) is 17.2 Å². The van der Waals surface area contributed by atoms with Gasteiger partial charge in [-0.3, -0.25) is 4.79 Å². The van der Waals surface area contributed by atoms with Crippen molar-refractivity contribution in [3.05, 3.63) is 58.9 Å². The van der Waals surface area contributed by atoms with Crippen LogP contribution in [0.1, 0.15) is 40.7 Å². The van der Waals surface area contributed by atoms with Gasteiger partial charge in [0.25, 0.3) is 0 Å². The van der Waals surface area contributed by atoms with Gasteiger partial charge in [-0.05, 0) is 60.1 Å². The standard InChI is InChI=1S/C24H22FN3O3/c25-21-10-14(13-4-6-20-17(7-13)12-31-24(20)30)1-2-15(21)8-19(11-26)28-23(29)22-16-3-5-18(9-16)27-22/h1-2,4,6-7,10,16,18-19,22,27H,3,5,8-9,12H2,(H,28,29)/t16?,18?,19-,22?/m0/s1. The highest BCUT2D eigenvalue weighted by molar-refractivity contribution is 5.94. The van der Waals surface area contributed by atoms with E-state index in [4.69, 9.17) is 4.74 Å². The largest absolute Gasteiger partial charge is 0.457 e. The van der Waals surface area contributed by atoms with Gasteiger partial charge in [0.05, 0.1) is 17.7 Å². The Kier molecular flexibility index (Phi) is 4.95. The summed E-state index contributed by atoms with van der Waals surface area (Å²) in [5.74, 6) is -0.620. The number of esters is 1. The number of benzene rings is 2. The topological polar surface area (TPSA) is 91.2 Å². The molecule has 5 rings (SSSR count). The molecule has 6 nitrogen and oxygen atoms in total. The summed E-state index contributed by atoms with van der Waals surface area (Å²) in [5, 5.41) is 15.6. The summed E-state index contributed by atoms with van der Waals surface area (Å²) in [5.41, 5.74) is 3.16. The number of nitrogens with zero attached hydrogens (tertiary/aromatic N) is 1. The van der Waals surface area contributed by atoms with Crippen molar-refractivity contribution in [2.24, 2.45) is 5.92 Å². The van der Waals surface area contributed by atoms with Gasteiger partial charge in [-0.2, -0.15) is 5.26 Å². The molecule has 2 aromatic carbocycles. The number of cyclic esters (lactones) is 1. The van der Waals surface area contributed by atoms with E-state index in [0.717, 1.165) is 30.4 Å². The fourth-order valence-corrected chi connectivity index (χ4v) is 4.97. The van der Waals surface area contributed by atoms with Crippen LogP contribution in [-0.2, 0) is 22.6 Å². The summed E-state index contributed by atoms with van der Waals surface area (Å²) in [6.45, 7) is 0.226. The quantitative estimate of drug-likeness (QED) is 0.728. The van der Waals surface area contributed by atoms with Crippen LogP contribution < -0.4 is 10.6 Å². The lowest BCUT2D eigenvalue weighted by Crippen LogP contribution is -2.50. The summed E-state index contributed by atoms with van der Waals surface area (Å²) in [6.07, 6.45) is 3.24. The van der Waals surface area contributed by atoms with Crippen LogP contribution in [0.25, 0.3) is 11.1 Å². The van der Waals surface area contributed by atoms with Gasteiger partial charge in [0.15, 0.2) is 0 Å². The monoisotopic (exact) mass is 419 g/mol. The number of ether oxygens (including phenoxy) is 1. The molecule has 0 aromatic heterocycles. The second kappa shape index (κ2) is 7.78. The molecule has 1 saturated heterocycles. The Hall–Kier alpha value is -3.24. The molecule has 0 spiro atoms. The van der Waals surface area contributed by atoms with Gasteiger partial charge < -0.3 is 15.4 Å². The second-order valence-corrected chi connectivity index (χ2v) is 8.56. The third-order valence-electron chi connectivity index (χ3n) is 6.61. The van der Waals surface area contributed by atoms with E-state index >= 15 is 0 Å². The molecule has 2 heterocycles. The Morgan fingerprint density at radius 2 is 2.06 bits per heavy atom. The van der Waals surface area contributed by atoms with E-state index < -0.39 is 11.9 Å². The first kappa shape index (κ1) is 19.7. The summed E-state index contributed by atoms with van der Waals surface area (Å²) in [4.78, 5) is 24.2. The number of carbonyl (C=O) groups is 2. The molecular weight excluding hydrogens is 397 g/mol. The van der Waals surface area contributed by atoms with E-state index in [1.165, 1.54) is 6.07 Å². The number of nitriles is 1. The Balaban J connectivity index is 1.28. The van der Waals surface area contributed by atoms with Crippen LogP contribution in [-0.4, -0.2) is 30.0 Å². The number of halogens is 1. The summed E-state index contributed by atoms with van der Waals surface area (Å²) in [6, 6.07) is 11.6. The van der Waals surface area contributed by atoms with E-state index in [1.54, 1.807) is 24.3 Å². The average Bonchev–Trinajstić information content (AvgIpc) is 3.50. The molecular formula is C24H22FN3O3. The van der Waals surface area contributed by atoms with Gasteiger partial charge in [0.2, 0.25) is 5.91 Å². The van der Waals surface area contributed by atoms with Crippen molar-refractivity contribution in [2.75, 3.05) is 0 Å². The molecule has 2 aromatic rings. The van der Waals surface area contributed by atoms with Gasteiger partial charge in [-0.25, -0.2) is 9.18 Å². The van der Waals surface area contributed by atoms with E-state index in [2.05, 4.69) is 16.7 Å². The van der Waals surface area contributed by atoms with Gasteiger partial charge >= 0.3 is 5.97 Å². The van der Waals surface area contributed by atoms with Crippen molar-refractivity contribution < 1.29 is 18.7 Å². The predicted octanol–water partition coefficient (Wildman–Crippen LogP) is 2.85. The molecule has 2 N–H and O–H groups in total. The molecule has 158 valence electrons. The van der Waals surface area contributed by atoms with Crippen LogP contribution >= 0.6 is 0 Å². The van der Waals surface area contributed by atoms with Crippen molar-refractivity contribution >= 4 is 11.9 Å². The number of rotatable bonds is 5. The summed E-state index contributed by atoms with van der Waals surface area (Å²) >= 11 is 0. The highest BCUT2D eigenvalue weighted by atomic mass is 19.1. The first-order chi connectivity index (χ1) is 15.0. The molecule has 31 heavy (non-hydrogen) atoms. The van der Waals surface area contributed by atoms with Gasteiger partial charge in [-0.15, -0.1) is 0 Å². The lowest BCUT2D eigenvalue weighted by Gasteiger charge is -2.23. The van der Waals surface area contributed by atoms with Crippen molar-refractivity contribution in [1.29, 1.82) is 5.26 Å². The molecule has 3 aliphatic rings. The summed E-state index contributed by atoms with van der Waals surface area (Å²) in [7, 11) is 0. The van der Waals surface area contributed by atoms with Crippen LogP contribution in [0, 0.1) is 23.1 Å². The zero-order valence-electron chi connectivity index (χ0n) is 16.9. The van der Waals surface area contributed by atoms with Crippen LogP contribution in [0.4, 0.5) is 4.39 Å². The number of amides is 1. The van der Waals surface area contributed by atoms with Crippen LogP contribution in [0.3, 0.4) is 0 Å². The van der Waals surface area contributed by atoms with E-state index in [0.29, 0.717) is 28.7 Å². The van der Waals surface area contributed by atoms with Gasteiger partial charge in [0, 0.05) is 18.0 Å². The third kappa shape index (κ3) is 3.68. The zero-order chi connectivity index (χ0) is 21.5. The van der Waals surface area contributed by atoms with Crippen molar-refractivity contribution in [1.82, 2.24) is 10.6 Å². The fourth-order valence-electron chi connectivity index (χ4n) is 4.97. The van der Waals surface area contributed by atoms with Crippen LogP contribution in [0.5, 0.6) is 0 Å². The van der Waals surface area contributed by atoms with E-state index in [1.807, 2.05) is 6.07 Å². The Morgan fingerprint density at radius 1 is 1.26 bits per heavy atom. The number of nitrogens with one attached hydrogen (secondary N) is 2. The molecule has 1 aliphatic carbocycles. The average molecular weight is 419 g/mol. The zero-order valence-corrected chi connectivity index (χ0v) is 16.9. The van der Waals surface area contributed by atoms with Crippen molar-refractivity contribution in [2.45, 2.75) is 50.4 Å². The predicted molar refractivity (Wildman–Crippen MR) is 110 cm³/mol. The number of hydrogen-bond acceptors (Lipinski definition) is 5. The molecule has 1 saturated carbocycles. The smallest absolute Gasteiger partial charge is 0.338 e. The Morgan fingerprint density at radius 3 is 2.77 bits per heavy atom. The molecule has 4 atom stereocenters. The first-order valence-corrected chi connectivity index (χ1v) is 10.6. The molecule has 1 amide bonds. The molecule has 2 bridgehead atoms. The van der Waals surface area contributed by atoms with Crippen LogP contribution in [0.15, 0.2) is 36.4 Å². The summed E-state index contributed by atoms with van der Waals surface area (Å²) < 4.78 is 19.8. The minimum absolute atomic E-state index is 0.0989. The maximum absolute atomic E-state index is 14.8. The third-order valence-corrected chi connectivity index (χ3v) is 6.61. The minimum atomic E-state index is -0.795. The Bertz CT molecular complexity index is 1110. The Labute approximate surface area is 179 Å². The maximum Gasteiger partial charge on any atom is 0.338 e. The van der Waals surface area contributed by atoms with E-state index in [9.17, 15) is 19.2 Å². The van der Waals surface area contributed by atoms with Gasteiger partial charge in [-0.1, -0.05) is 18.2 Å². The lowest BCUT2D eigenvalue weighted by molar-refractivity contribution is -0.124. The second-order valence-electron chi connectivity index (χ2n) is 8.56. The minimum Gasteiger partial charge on any atom is -0.457 e.